The van der Waals surface area contributed by atoms with Crippen molar-refractivity contribution in [2.24, 2.45) is 0 Å². The fraction of sp³-hybridized carbons (Fsp3) is 0.429. The summed E-state index contributed by atoms with van der Waals surface area (Å²) < 4.78 is 5.90. The number of hydrogen-bond donors (Lipinski definition) is 0. The second-order valence-electron chi connectivity index (χ2n) is 4.45. The molecule has 20 heavy (non-hydrogen) atoms. The summed E-state index contributed by atoms with van der Waals surface area (Å²) in [5, 5.41) is 8.87. The number of halogens is 1. The minimum atomic E-state index is -0.244. The molecule has 0 aliphatic carbocycles. The van der Waals surface area contributed by atoms with Crippen molar-refractivity contribution in [3.8, 4) is 6.07 Å². The minimum Gasteiger partial charge on any atom is -0.450 e. The second kappa shape index (κ2) is 6.62. The van der Waals surface area contributed by atoms with Gasteiger partial charge in [0.05, 0.1) is 23.9 Å². The maximum absolute atomic E-state index is 11.6. The van der Waals surface area contributed by atoms with Gasteiger partial charge < -0.3 is 14.5 Å². The molecule has 1 saturated heterocycles. The molecular formula is C14H16BrN3O2. The van der Waals surface area contributed by atoms with Crippen LogP contribution < -0.4 is 4.90 Å². The third kappa shape index (κ3) is 3.23. The van der Waals surface area contributed by atoms with Gasteiger partial charge in [-0.25, -0.2) is 4.79 Å². The molecule has 0 bridgehead atoms. The molecule has 0 saturated carbocycles. The van der Waals surface area contributed by atoms with E-state index in [1.54, 1.807) is 11.0 Å². The van der Waals surface area contributed by atoms with Crippen molar-refractivity contribution in [2.45, 2.75) is 6.92 Å². The van der Waals surface area contributed by atoms with Crippen LogP contribution in [0, 0.1) is 11.3 Å². The molecule has 0 unspecified atom stereocenters. The summed E-state index contributed by atoms with van der Waals surface area (Å²) in [6.07, 6.45) is -0.244. The van der Waals surface area contributed by atoms with Crippen LogP contribution >= 0.6 is 15.9 Å². The van der Waals surface area contributed by atoms with Crippen LogP contribution in [-0.4, -0.2) is 43.8 Å². The summed E-state index contributed by atoms with van der Waals surface area (Å²) in [4.78, 5) is 15.5. The first kappa shape index (κ1) is 14.7. The van der Waals surface area contributed by atoms with Gasteiger partial charge in [-0.2, -0.15) is 5.26 Å². The summed E-state index contributed by atoms with van der Waals surface area (Å²) in [6.45, 7) is 5.01. The number of hydrogen-bond acceptors (Lipinski definition) is 4. The minimum absolute atomic E-state index is 0.244. The SMILES string of the molecule is CCOC(=O)N1CCN(c2ccc(C#N)cc2Br)CC1. The topological polar surface area (TPSA) is 56.6 Å². The quantitative estimate of drug-likeness (QED) is 0.832. The van der Waals surface area contributed by atoms with E-state index in [4.69, 9.17) is 10.00 Å². The average molecular weight is 338 g/mol. The molecule has 0 aromatic heterocycles. The lowest BCUT2D eigenvalue weighted by Gasteiger charge is -2.35. The second-order valence-corrected chi connectivity index (χ2v) is 5.31. The van der Waals surface area contributed by atoms with E-state index in [0.29, 0.717) is 25.3 Å². The summed E-state index contributed by atoms with van der Waals surface area (Å²) in [5.41, 5.74) is 1.68. The third-order valence-corrected chi connectivity index (χ3v) is 3.86. The number of rotatable bonds is 2. The number of benzene rings is 1. The fourth-order valence-corrected chi connectivity index (χ4v) is 2.81. The lowest BCUT2D eigenvalue weighted by Crippen LogP contribution is -2.49. The van der Waals surface area contributed by atoms with Gasteiger partial charge in [-0.15, -0.1) is 0 Å². The maximum Gasteiger partial charge on any atom is 0.409 e. The molecule has 1 aliphatic rings. The molecule has 0 radical (unpaired) electrons. The molecule has 2 rings (SSSR count). The van der Waals surface area contributed by atoms with Gasteiger partial charge in [0, 0.05) is 30.7 Å². The van der Waals surface area contributed by atoms with E-state index in [1.165, 1.54) is 0 Å². The molecule has 5 nitrogen and oxygen atoms in total. The fourth-order valence-electron chi connectivity index (χ4n) is 2.18. The Morgan fingerprint density at radius 3 is 2.65 bits per heavy atom. The first-order valence-corrected chi connectivity index (χ1v) is 7.31. The average Bonchev–Trinajstić information content (AvgIpc) is 2.47. The van der Waals surface area contributed by atoms with Gasteiger partial charge in [-0.3, -0.25) is 0 Å². The van der Waals surface area contributed by atoms with Gasteiger partial charge in [0.25, 0.3) is 0 Å². The predicted molar refractivity (Wildman–Crippen MR) is 79.7 cm³/mol. The van der Waals surface area contributed by atoms with Crippen LogP contribution in [0.15, 0.2) is 22.7 Å². The molecule has 0 spiro atoms. The summed E-state index contributed by atoms with van der Waals surface area (Å²) in [5.74, 6) is 0. The standard InChI is InChI=1S/C14H16BrN3O2/c1-2-20-14(19)18-7-5-17(6-8-18)13-4-3-11(10-16)9-12(13)15/h3-4,9H,2,5-8H2,1H3. The molecule has 1 amide bonds. The highest BCUT2D eigenvalue weighted by atomic mass is 79.9. The highest BCUT2D eigenvalue weighted by molar-refractivity contribution is 9.10. The van der Waals surface area contributed by atoms with E-state index in [1.807, 2.05) is 19.1 Å². The van der Waals surface area contributed by atoms with Gasteiger partial charge in [0.15, 0.2) is 0 Å². The molecular weight excluding hydrogens is 322 g/mol. The number of amides is 1. The maximum atomic E-state index is 11.6. The Balaban J connectivity index is 2.01. The molecule has 6 heteroatoms. The first-order valence-electron chi connectivity index (χ1n) is 6.52. The van der Waals surface area contributed by atoms with Crippen LogP contribution in [0.5, 0.6) is 0 Å². The Bertz CT molecular complexity index is 534. The summed E-state index contributed by atoms with van der Waals surface area (Å²) in [7, 11) is 0. The molecule has 1 aromatic rings. The third-order valence-electron chi connectivity index (χ3n) is 3.22. The number of carbonyl (C=O) groups is 1. The lowest BCUT2D eigenvalue weighted by atomic mass is 10.2. The zero-order chi connectivity index (χ0) is 14.5. The van der Waals surface area contributed by atoms with E-state index in [2.05, 4.69) is 26.9 Å². The molecule has 1 heterocycles. The molecule has 0 atom stereocenters. The Hall–Kier alpha value is -1.74. The molecule has 106 valence electrons. The Kier molecular flexibility index (Phi) is 4.85. The number of piperazine rings is 1. The largest absolute Gasteiger partial charge is 0.450 e. The zero-order valence-electron chi connectivity index (χ0n) is 11.3. The molecule has 1 fully saturated rings. The van der Waals surface area contributed by atoms with E-state index < -0.39 is 0 Å². The van der Waals surface area contributed by atoms with Gasteiger partial charge in [-0.1, -0.05) is 0 Å². The molecule has 1 aliphatic heterocycles. The van der Waals surface area contributed by atoms with Crippen LogP contribution in [0.1, 0.15) is 12.5 Å². The van der Waals surface area contributed by atoms with E-state index in [9.17, 15) is 4.79 Å². The first-order chi connectivity index (χ1) is 9.65. The monoisotopic (exact) mass is 337 g/mol. The van der Waals surface area contributed by atoms with Crippen LogP contribution in [-0.2, 0) is 4.74 Å². The summed E-state index contributed by atoms with van der Waals surface area (Å²) >= 11 is 3.49. The number of carbonyl (C=O) groups excluding carboxylic acids is 1. The van der Waals surface area contributed by atoms with Crippen molar-refractivity contribution < 1.29 is 9.53 Å². The smallest absolute Gasteiger partial charge is 0.409 e. The van der Waals surface area contributed by atoms with E-state index in [0.717, 1.165) is 23.2 Å². The van der Waals surface area contributed by atoms with E-state index >= 15 is 0 Å². The van der Waals surface area contributed by atoms with Gasteiger partial charge in [-0.05, 0) is 41.1 Å². The zero-order valence-corrected chi connectivity index (χ0v) is 12.9. The predicted octanol–water partition coefficient (Wildman–Crippen LogP) is 2.60. The lowest BCUT2D eigenvalue weighted by molar-refractivity contribution is 0.105. The van der Waals surface area contributed by atoms with Crippen LogP contribution in [0.3, 0.4) is 0 Å². The van der Waals surface area contributed by atoms with Gasteiger partial charge in [0.1, 0.15) is 0 Å². The number of anilines is 1. The van der Waals surface area contributed by atoms with Crippen molar-refractivity contribution >= 4 is 27.7 Å². The highest BCUT2D eigenvalue weighted by Gasteiger charge is 2.23. The van der Waals surface area contributed by atoms with Crippen LogP contribution in [0.4, 0.5) is 10.5 Å². The van der Waals surface area contributed by atoms with E-state index in [-0.39, 0.29) is 6.09 Å². The van der Waals surface area contributed by atoms with Crippen LogP contribution in [0.2, 0.25) is 0 Å². The van der Waals surface area contributed by atoms with Crippen molar-refractivity contribution in [1.29, 1.82) is 5.26 Å². The van der Waals surface area contributed by atoms with Crippen molar-refractivity contribution in [2.75, 3.05) is 37.7 Å². The molecule has 0 N–H and O–H groups in total. The number of nitriles is 1. The highest BCUT2D eigenvalue weighted by Crippen LogP contribution is 2.28. The Labute approximate surface area is 126 Å². The summed E-state index contributed by atoms with van der Waals surface area (Å²) in [6, 6.07) is 7.67. The van der Waals surface area contributed by atoms with Crippen molar-refractivity contribution in [3.63, 3.8) is 0 Å². The number of ether oxygens (including phenoxy) is 1. The van der Waals surface area contributed by atoms with Gasteiger partial charge >= 0.3 is 6.09 Å². The van der Waals surface area contributed by atoms with Crippen LogP contribution in [0.25, 0.3) is 0 Å². The molecule has 1 aromatic carbocycles. The van der Waals surface area contributed by atoms with Crippen molar-refractivity contribution in [3.05, 3.63) is 28.2 Å². The van der Waals surface area contributed by atoms with Gasteiger partial charge in [0.2, 0.25) is 0 Å². The Morgan fingerprint density at radius 1 is 1.40 bits per heavy atom. The van der Waals surface area contributed by atoms with Crippen molar-refractivity contribution in [1.82, 2.24) is 4.90 Å². The Morgan fingerprint density at radius 2 is 2.10 bits per heavy atom. The number of nitrogens with zero attached hydrogens (tertiary/aromatic N) is 3. The normalized spacial score (nSPS) is 14.8.